The second kappa shape index (κ2) is 6.62. The third-order valence-electron chi connectivity index (χ3n) is 4.72. The van der Waals surface area contributed by atoms with Crippen LogP contribution >= 0.6 is 0 Å². The number of amides is 1. The predicted octanol–water partition coefficient (Wildman–Crippen LogP) is 1.60. The summed E-state index contributed by atoms with van der Waals surface area (Å²) in [6, 6.07) is 1.93. The Kier molecular flexibility index (Phi) is 4.60. The number of carbonyl (C=O) groups excluding carboxylic acids is 1. The molecule has 0 spiro atoms. The Bertz CT molecular complexity index is 459. The van der Waals surface area contributed by atoms with E-state index in [9.17, 15) is 9.90 Å². The van der Waals surface area contributed by atoms with Gasteiger partial charge in [0.2, 0.25) is 5.91 Å². The molecule has 21 heavy (non-hydrogen) atoms. The fourth-order valence-electron chi connectivity index (χ4n) is 3.53. The van der Waals surface area contributed by atoms with Crippen molar-refractivity contribution in [3.63, 3.8) is 0 Å². The van der Waals surface area contributed by atoms with Crippen LogP contribution in [-0.4, -0.2) is 47.8 Å². The van der Waals surface area contributed by atoms with Crippen LogP contribution in [0, 0.1) is 5.92 Å². The zero-order valence-corrected chi connectivity index (χ0v) is 12.2. The van der Waals surface area contributed by atoms with Crippen molar-refractivity contribution < 1.29 is 19.1 Å². The Balaban J connectivity index is 1.61. The quantitative estimate of drug-likeness (QED) is 0.916. The second-order valence-corrected chi connectivity index (χ2v) is 6.02. The number of ether oxygens (including phenoxy) is 1. The summed E-state index contributed by atoms with van der Waals surface area (Å²) < 4.78 is 10.6. The third kappa shape index (κ3) is 3.30. The Hall–Kier alpha value is -1.33. The van der Waals surface area contributed by atoms with Crippen molar-refractivity contribution in [2.24, 2.45) is 5.92 Å². The molecule has 0 radical (unpaired) electrons. The van der Waals surface area contributed by atoms with Crippen LogP contribution in [0.3, 0.4) is 0 Å². The molecule has 1 saturated carbocycles. The maximum atomic E-state index is 12.5. The van der Waals surface area contributed by atoms with Gasteiger partial charge in [-0.2, -0.15) is 0 Å². The van der Waals surface area contributed by atoms with Gasteiger partial charge in [-0.25, -0.2) is 0 Å². The first-order valence-electron chi connectivity index (χ1n) is 7.82. The monoisotopic (exact) mass is 293 g/mol. The standard InChI is InChI=1S/C16H23NO4/c18-15-3-1-2-13(15)14-11-21-9-7-17(14)16(19)5-4-12-6-8-20-10-12/h6,8,10,13-15,18H,1-5,7,9,11H2/t13-,14-,15+/m1/s1. The SMILES string of the molecule is O=C(CCc1ccoc1)N1CCOC[C@@H]1[C@H]1CCC[C@@H]1O. The molecule has 5 nitrogen and oxygen atoms in total. The molecule has 0 bridgehead atoms. The minimum atomic E-state index is -0.291. The lowest BCUT2D eigenvalue weighted by Gasteiger charge is -2.40. The van der Waals surface area contributed by atoms with Crippen LogP contribution in [-0.2, 0) is 16.0 Å². The van der Waals surface area contributed by atoms with E-state index in [4.69, 9.17) is 9.15 Å². The number of aliphatic hydroxyl groups excluding tert-OH is 1. The summed E-state index contributed by atoms with van der Waals surface area (Å²) in [6.07, 6.45) is 7.08. The zero-order valence-electron chi connectivity index (χ0n) is 12.2. The lowest BCUT2D eigenvalue weighted by Crippen LogP contribution is -2.53. The molecule has 1 N–H and O–H groups in total. The van der Waals surface area contributed by atoms with Crippen LogP contribution in [0.5, 0.6) is 0 Å². The highest BCUT2D eigenvalue weighted by Crippen LogP contribution is 2.32. The molecule has 1 amide bonds. The van der Waals surface area contributed by atoms with Gasteiger partial charge in [-0.15, -0.1) is 0 Å². The largest absolute Gasteiger partial charge is 0.472 e. The smallest absolute Gasteiger partial charge is 0.223 e. The third-order valence-corrected chi connectivity index (χ3v) is 4.72. The van der Waals surface area contributed by atoms with E-state index in [0.29, 0.717) is 32.6 Å². The molecule has 1 saturated heterocycles. The number of furan rings is 1. The van der Waals surface area contributed by atoms with Crippen molar-refractivity contribution in [1.29, 1.82) is 0 Å². The molecule has 1 aliphatic heterocycles. The summed E-state index contributed by atoms with van der Waals surface area (Å²) >= 11 is 0. The van der Waals surface area contributed by atoms with Crippen LogP contribution in [0.4, 0.5) is 0 Å². The highest BCUT2D eigenvalue weighted by atomic mass is 16.5. The number of nitrogens with zero attached hydrogens (tertiary/aromatic N) is 1. The molecule has 1 aliphatic carbocycles. The number of morpholine rings is 1. The summed E-state index contributed by atoms with van der Waals surface area (Å²) in [5, 5.41) is 10.1. The summed E-state index contributed by atoms with van der Waals surface area (Å²) in [5.41, 5.74) is 1.05. The number of hydrogen-bond donors (Lipinski definition) is 1. The van der Waals surface area contributed by atoms with E-state index in [2.05, 4.69) is 0 Å². The lowest BCUT2D eigenvalue weighted by molar-refractivity contribution is -0.143. The van der Waals surface area contributed by atoms with Gasteiger partial charge in [0.1, 0.15) is 0 Å². The fraction of sp³-hybridized carbons (Fsp3) is 0.688. The minimum absolute atomic E-state index is 0.0353. The fourth-order valence-corrected chi connectivity index (χ4v) is 3.53. The Morgan fingerprint density at radius 2 is 2.33 bits per heavy atom. The van der Waals surface area contributed by atoms with Gasteiger partial charge in [0, 0.05) is 18.9 Å². The van der Waals surface area contributed by atoms with Crippen LogP contribution < -0.4 is 0 Å². The van der Waals surface area contributed by atoms with Crippen molar-refractivity contribution in [3.05, 3.63) is 24.2 Å². The molecule has 2 heterocycles. The van der Waals surface area contributed by atoms with Crippen molar-refractivity contribution in [2.45, 2.75) is 44.2 Å². The first-order valence-corrected chi connectivity index (χ1v) is 7.82. The van der Waals surface area contributed by atoms with Gasteiger partial charge in [0.15, 0.2) is 0 Å². The zero-order chi connectivity index (χ0) is 14.7. The highest BCUT2D eigenvalue weighted by Gasteiger charge is 2.39. The summed E-state index contributed by atoms with van der Waals surface area (Å²) in [7, 11) is 0. The van der Waals surface area contributed by atoms with Crippen LogP contribution in [0.25, 0.3) is 0 Å². The minimum Gasteiger partial charge on any atom is -0.472 e. The summed E-state index contributed by atoms with van der Waals surface area (Å²) in [6.45, 7) is 1.79. The Labute approximate surface area is 124 Å². The number of carbonyl (C=O) groups is 1. The second-order valence-electron chi connectivity index (χ2n) is 6.02. The van der Waals surface area contributed by atoms with E-state index in [1.165, 1.54) is 0 Å². The van der Waals surface area contributed by atoms with Gasteiger partial charge >= 0.3 is 0 Å². The molecule has 1 aromatic rings. The van der Waals surface area contributed by atoms with Gasteiger partial charge in [-0.05, 0) is 30.9 Å². The molecule has 3 rings (SSSR count). The van der Waals surface area contributed by atoms with E-state index < -0.39 is 0 Å². The molecular formula is C16H23NO4. The molecule has 5 heteroatoms. The van der Waals surface area contributed by atoms with E-state index in [0.717, 1.165) is 24.8 Å². The molecular weight excluding hydrogens is 270 g/mol. The van der Waals surface area contributed by atoms with Gasteiger partial charge in [-0.1, -0.05) is 6.42 Å². The topological polar surface area (TPSA) is 62.9 Å². The number of aliphatic hydroxyl groups is 1. The van der Waals surface area contributed by atoms with Gasteiger partial charge in [-0.3, -0.25) is 4.79 Å². The molecule has 0 unspecified atom stereocenters. The van der Waals surface area contributed by atoms with E-state index >= 15 is 0 Å². The van der Waals surface area contributed by atoms with Gasteiger partial charge in [0.25, 0.3) is 0 Å². The predicted molar refractivity (Wildman–Crippen MR) is 76.7 cm³/mol. The van der Waals surface area contributed by atoms with Crippen molar-refractivity contribution in [1.82, 2.24) is 4.90 Å². The maximum absolute atomic E-state index is 12.5. The Morgan fingerprint density at radius 3 is 3.05 bits per heavy atom. The number of hydrogen-bond acceptors (Lipinski definition) is 4. The first-order chi connectivity index (χ1) is 10.3. The number of aryl methyl sites for hydroxylation is 1. The van der Waals surface area contributed by atoms with E-state index in [-0.39, 0.29) is 24.0 Å². The van der Waals surface area contributed by atoms with E-state index in [1.807, 2.05) is 11.0 Å². The van der Waals surface area contributed by atoms with Gasteiger partial charge < -0.3 is 19.2 Å². The van der Waals surface area contributed by atoms with Crippen LogP contribution in [0.1, 0.15) is 31.2 Å². The number of rotatable bonds is 4. The van der Waals surface area contributed by atoms with Crippen molar-refractivity contribution in [3.8, 4) is 0 Å². The molecule has 2 fully saturated rings. The molecule has 0 aromatic carbocycles. The molecule has 2 aliphatic rings. The van der Waals surface area contributed by atoms with Gasteiger partial charge in [0.05, 0.1) is 37.9 Å². The average Bonchev–Trinajstić information content (AvgIpc) is 3.16. The van der Waals surface area contributed by atoms with Crippen LogP contribution in [0.15, 0.2) is 23.0 Å². The maximum Gasteiger partial charge on any atom is 0.223 e. The van der Waals surface area contributed by atoms with E-state index in [1.54, 1.807) is 12.5 Å². The Morgan fingerprint density at radius 1 is 1.43 bits per heavy atom. The molecule has 116 valence electrons. The average molecular weight is 293 g/mol. The molecule has 3 atom stereocenters. The molecule has 1 aromatic heterocycles. The summed E-state index contributed by atoms with van der Waals surface area (Å²) in [5.74, 6) is 0.326. The first kappa shape index (κ1) is 14.6. The van der Waals surface area contributed by atoms with Crippen molar-refractivity contribution >= 4 is 5.91 Å². The highest BCUT2D eigenvalue weighted by molar-refractivity contribution is 5.77. The lowest BCUT2D eigenvalue weighted by atomic mass is 9.94. The summed E-state index contributed by atoms with van der Waals surface area (Å²) in [4.78, 5) is 14.5. The van der Waals surface area contributed by atoms with Crippen molar-refractivity contribution in [2.75, 3.05) is 19.8 Å². The normalized spacial score (nSPS) is 29.8. The van der Waals surface area contributed by atoms with Crippen LogP contribution in [0.2, 0.25) is 0 Å².